The first kappa shape index (κ1) is 8.87. The summed E-state index contributed by atoms with van der Waals surface area (Å²) in [5.41, 5.74) is 0. The molecule has 0 N–H and O–H groups in total. The Morgan fingerprint density at radius 3 is 1.83 bits per heavy atom. The van der Waals surface area contributed by atoms with Crippen molar-refractivity contribution >= 4 is 0 Å². The quantitative estimate of drug-likeness (QED) is 0.639. The van der Waals surface area contributed by atoms with Gasteiger partial charge in [-0.15, -0.1) is 0 Å². The Morgan fingerprint density at radius 2 is 1.83 bits per heavy atom. The van der Waals surface area contributed by atoms with Gasteiger partial charge in [-0.3, -0.25) is 0 Å². The normalized spacial score (nSPS) is 8.00. The van der Waals surface area contributed by atoms with Gasteiger partial charge in [0, 0.05) is 0 Å². The largest absolute Gasteiger partial charge is 0.456 e. The van der Waals surface area contributed by atoms with E-state index in [0.29, 0.717) is 6.42 Å². The van der Waals surface area contributed by atoms with Crippen LogP contribution in [0.3, 0.4) is 0 Å². The van der Waals surface area contributed by atoms with Crippen LogP contribution in [0.4, 0.5) is 4.39 Å². The average molecular weight is 342 g/mol. The summed E-state index contributed by atoms with van der Waals surface area (Å²) in [7, 11) is 0. The van der Waals surface area contributed by atoms with Crippen LogP contribution in [0.15, 0.2) is 0 Å². The van der Waals surface area contributed by atoms with Gasteiger partial charge in [-0.2, -0.15) is 19.5 Å². The molecule has 0 aliphatic carbocycles. The standard InChI is InChI=1S/C4H8F.Rf/c1-3-4(2)5;/h3H2,1-2H3;/q-1;. The maximum absolute atomic E-state index is 11.3. The number of halogens is 1. The van der Waals surface area contributed by atoms with E-state index in [1.807, 2.05) is 0 Å². The Labute approximate surface area is 32.0 Å². The SMILES string of the molecule is CC[C-](C)F.[Rf]. The summed E-state index contributed by atoms with van der Waals surface area (Å²) < 4.78 is 11.3. The Bertz CT molecular complexity index is 21.5. The zero-order chi connectivity index (χ0) is 4.28. The minimum Gasteiger partial charge on any atom is -0.456 e. The van der Waals surface area contributed by atoms with Crippen molar-refractivity contribution < 1.29 is 4.39 Å². The van der Waals surface area contributed by atoms with E-state index in [0.717, 1.165) is 0 Å². The molecule has 0 aliphatic rings. The first-order valence-corrected chi connectivity index (χ1v) is 1.75. The van der Waals surface area contributed by atoms with E-state index < -0.39 is 0 Å². The van der Waals surface area contributed by atoms with Gasteiger partial charge < -0.3 is 4.39 Å². The van der Waals surface area contributed by atoms with Gasteiger partial charge in [0.15, 0.2) is 0 Å². The van der Waals surface area contributed by atoms with Crippen molar-refractivity contribution in [2.24, 2.45) is 0 Å². The van der Waals surface area contributed by atoms with Crippen molar-refractivity contribution in [2.45, 2.75) is 20.3 Å². The zero-order valence-electron chi connectivity index (χ0n) is 4.29. The van der Waals surface area contributed by atoms with Crippen LogP contribution in [0.5, 0.6) is 0 Å². The van der Waals surface area contributed by atoms with Crippen molar-refractivity contribution in [1.29, 1.82) is 0 Å². The van der Waals surface area contributed by atoms with Crippen LogP contribution in [-0.2, 0) is 0 Å². The first-order valence-electron chi connectivity index (χ1n) is 1.75. The molecule has 0 atom stereocenters. The van der Waals surface area contributed by atoms with Gasteiger partial charge in [-0.25, -0.2) is 0 Å². The van der Waals surface area contributed by atoms with Crippen LogP contribution < -0.4 is 0 Å². The Balaban J connectivity index is 0. The maximum atomic E-state index is 11.3. The number of hydrogen-bond acceptors (Lipinski definition) is 0. The molecule has 0 saturated heterocycles. The summed E-state index contributed by atoms with van der Waals surface area (Å²) in [6, 6.07) is 0. The molecule has 0 heterocycles. The molecular weight excluding hydrogens is 334 g/mol. The maximum Gasteiger partial charge on any atom is 0 e. The Hall–Kier alpha value is -1.07. The predicted molar refractivity (Wildman–Crippen MR) is 20.3 cm³/mol. The van der Waals surface area contributed by atoms with Gasteiger partial charge in [0.1, 0.15) is 0 Å². The van der Waals surface area contributed by atoms with Crippen LogP contribution in [0, 0.1) is 6.17 Å². The minimum absolute atomic E-state index is 0. The number of rotatable bonds is 1. The molecule has 0 radical (unpaired) electrons. The van der Waals surface area contributed by atoms with E-state index in [1.165, 1.54) is 6.92 Å². The van der Waals surface area contributed by atoms with Crippen molar-refractivity contribution in [3.05, 3.63) is 6.17 Å². The fourth-order valence-corrected chi connectivity index (χ4v) is 0. The fourth-order valence-electron chi connectivity index (χ4n) is 0. The van der Waals surface area contributed by atoms with E-state index in [4.69, 9.17) is 0 Å². The molecular formula is C4H8FRf-. The first-order chi connectivity index (χ1) is 2.27. The third kappa shape index (κ3) is 12.6. The van der Waals surface area contributed by atoms with Gasteiger partial charge in [0.25, 0.3) is 0 Å². The van der Waals surface area contributed by atoms with E-state index in [2.05, 4.69) is 0 Å². The Kier molecular flexibility index (Phi) is 5.81. The van der Waals surface area contributed by atoms with Gasteiger partial charge in [-0.1, -0.05) is 6.92 Å². The molecule has 0 aliphatic heterocycles. The molecule has 2 heteroatoms. The second-order valence-corrected chi connectivity index (χ2v) is 1.03. The van der Waals surface area contributed by atoms with Crippen molar-refractivity contribution in [3.8, 4) is 0 Å². The van der Waals surface area contributed by atoms with E-state index in [9.17, 15) is 4.39 Å². The van der Waals surface area contributed by atoms with E-state index >= 15 is 0 Å². The fraction of sp³-hybridized carbons (Fsp3) is 0.750. The van der Waals surface area contributed by atoms with Gasteiger partial charge in [-0.05, 0) is 0 Å². The Morgan fingerprint density at radius 1 is 1.67 bits per heavy atom. The van der Waals surface area contributed by atoms with Crippen molar-refractivity contribution in [1.82, 2.24) is 0 Å². The van der Waals surface area contributed by atoms with Crippen LogP contribution in [0.25, 0.3) is 0 Å². The van der Waals surface area contributed by atoms with Gasteiger partial charge >= 0.3 is 0 Å². The van der Waals surface area contributed by atoms with Gasteiger partial charge in [0.2, 0.25) is 0 Å². The van der Waals surface area contributed by atoms with E-state index in [-0.39, 0.29) is 6.17 Å². The molecule has 0 nitrogen and oxygen atoms in total. The summed E-state index contributed by atoms with van der Waals surface area (Å²) in [6.07, 6.45) is 0.560. The molecule has 34 valence electrons. The smallest absolute Gasteiger partial charge is 0 e. The molecule has 0 saturated carbocycles. The summed E-state index contributed by atoms with van der Waals surface area (Å²) in [4.78, 5) is 0. The molecule has 0 fully saturated rings. The van der Waals surface area contributed by atoms with Crippen molar-refractivity contribution in [3.63, 3.8) is 0 Å². The summed E-state index contributed by atoms with van der Waals surface area (Å²) >= 11 is 0. The molecule has 0 aromatic carbocycles. The third-order valence-electron chi connectivity index (χ3n) is 0.487. The predicted octanol–water partition coefficient (Wildman–Crippen LogP) is 1.92. The topological polar surface area (TPSA) is 0 Å². The molecule has 0 spiro atoms. The summed E-state index contributed by atoms with van der Waals surface area (Å²) in [5, 5.41) is 0. The molecule has 6 heavy (non-hydrogen) atoms. The van der Waals surface area contributed by atoms with Crippen LogP contribution in [0.2, 0.25) is 0 Å². The zero-order valence-corrected chi connectivity index (χ0v) is 10.7. The minimum atomic E-state index is 0. The van der Waals surface area contributed by atoms with Crippen molar-refractivity contribution in [2.75, 3.05) is 0 Å². The molecule has 0 bridgehead atoms. The molecule has 0 rings (SSSR count). The van der Waals surface area contributed by atoms with Crippen LogP contribution >= 0.6 is 0 Å². The summed E-state index contributed by atoms with van der Waals surface area (Å²) in [6.45, 7) is 3.26. The second-order valence-electron chi connectivity index (χ2n) is 1.03. The van der Waals surface area contributed by atoms with Gasteiger partial charge in [0.05, 0.1) is 0 Å². The molecule has 0 unspecified atom stereocenters. The number of hydrogen-bond donors (Lipinski definition) is 0. The monoisotopic (exact) mass is 342 g/mol. The average Bonchev–Trinajstić information content (AvgIpc) is 1.38. The van der Waals surface area contributed by atoms with E-state index in [1.54, 1.807) is 6.92 Å². The van der Waals surface area contributed by atoms with Crippen LogP contribution in [0.1, 0.15) is 20.3 Å². The molecule has 0 aromatic rings. The second kappa shape index (κ2) is 3.93. The molecule has 0 amide bonds. The summed E-state index contributed by atoms with van der Waals surface area (Å²) in [5.74, 6) is 0. The third-order valence-corrected chi connectivity index (χ3v) is 0.487. The van der Waals surface area contributed by atoms with Crippen LogP contribution in [-0.4, -0.2) is 0 Å². The molecule has 0 aromatic heterocycles.